The molecule has 0 fully saturated rings. The van der Waals surface area contributed by atoms with Crippen molar-refractivity contribution in [3.63, 3.8) is 0 Å². The van der Waals surface area contributed by atoms with Crippen molar-refractivity contribution in [3.05, 3.63) is 77.2 Å². The number of carbonyl (C=O) groups excluding carboxylic acids is 1. The Kier molecular flexibility index (Phi) is 4.26. The number of aliphatic hydroxyl groups excluding tert-OH is 1. The van der Waals surface area contributed by atoms with E-state index in [1.165, 1.54) is 0 Å². The molecule has 6 heteroatoms. The summed E-state index contributed by atoms with van der Waals surface area (Å²) >= 11 is 0. The zero-order valence-corrected chi connectivity index (χ0v) is 14.5. The van der Waals surface area contributed by atoms with Crippen LogP contribution in [-0.4, -0.2) is 31.9 Å². The number of pyridine rings is 1. The number of aromatic nitrogens is 3. The van der Waals surface area contributed by atoms with E-state index in [9.17, 15) is 9.90 Å². The maximum absolute atomic E-state index is 12.9. The van der Waals surface area contributed by atoms with Gasteiger partial charge in [-0.1, -0.05) is 37.3 Å². The molecular formula is C20H20N4O2. The van der Waals surface area contributed by atoms with Gasteiger partial charge in [0.05, 0.1) is 29.6 Å². The SMILES string of the molecule is CCc1c(C(=O)N[C@@H]2c3ccccc3C[C@@H]2O)cnn1-c1ccccn1. The molecule has 0 bridgehead atoms. The topological polar surface area (TPSA) is 80.0 Å². The Bertz CT molecular complexity index is 936. The monoisotopic (exact) mass is 348 g/mol. The molecule has 0 radical (unpaired) electrons. The Morgan fingerprint density at radius 3 is 2.85 bits per heavy atom. The number of benzene rings is 1. The summed E-state index contributed by atoms with van der Waals surface area (Å²) in [6.07, 6.45) is 3.84. The number of rotatable bonds is 4. The van der Waals surface area contributed by atoms with E-state index in [1.54, 1.807) is 17.1 Å². The van der Waals surface area contributed by atoms with Crippen LogP contribution in [-0.2, 0) is 12.8 Å². The largest absolute Gasteiger partial charge is 0.390 e. The summed E-state index contributed by atoms with van der Waals surface area (Å²) in [7, 11) is 0. The first kappa shape index (κ1) is 16.5. The number of amides is 1. The van der Waals surface area contributed by atoms with E-state index in [-0.39, 0.29) is 5.91 Å². The van der Waals surface area contributed by atoms with Crippen molar-refractivity contribution in [2.75, 3.05) is 0 Å². The number of nitrogens with zero attached hydrogens (tertiary/aromatic N) is 3. The summed E-state index contributed by atoms with van der Waals surface area (Å²) in [6.45, 7) is 1.98. The zero-order chi connectivity index (χ0) is 18.1. The van der Waals surface area contributed by atoms with E-state index < -0.39 is 12.1 Å². The van der Waals surface area contributed by atoms with Gasteiger partial charge in [0.1, 0.15) is 0 Å². The molecule has 1 amide bonds. The van der Waals surface area contributed by atoms with E-state index in [0.717, 1.165) is 16.8 Å². The molecule has 2 aromatic heterocycles. The Balaban J connectivity index is 1.63. The maximum atomic E-state index is 12.9. The normalized spacial score (nSPS) is 18.5. The molecule has 0 aliphatic heterocycles. The molecule has 4 rings (SSSR count). The van der Waals surface area contributed by atoms with Crippen molar-refractivity contribution in [2.24, 2.45) is 0 Å². The Morgan fingerprint density at radius 1 is 1.27 bits per heavy atom. The van der Waals surface area contributed by atoms with Crippen LogP contribution >= 0.6 is 0 Å². The van der Waals surface area contributed by atoms with Gasteiger partial charge >= 0.3 is 0 Å². The fourth-order valence-corrected chi connectivity index (χ4v) is 3.55. The average Bonchev–Trinajstić information content (AvgIpc) is 3.24. The van der Waals surface area contributed by atoms with E-state index >= 15 is 0 Å². The second-order valence-corrected chi connectivity index (χ2v) is 6.38. The highest BCUT2D eigenvalue weighted by Crippen LogP contribution is 2.31. The molecule has 0 spiro atoms. The second-order valence-electron chi connectivity index (χ2n) is 6.38. The minimum absolute atomic E-state index is 0.232. The number of hydrogen-bond acceptors (Lipinski definition) is 4. The van der Waals surface area contributed by atoms with Gasteiger partial charge in [0.25, 0.3) is 5.91 Å². The molecule has 1 aliphatic carbocycles. The van der Waals surface area contributed by atoms with Gasteiger partial charge in [-0.25, -0.2) is 9.67 Å². The fourth-order valence-electron chi connectivity index (χ4n) is 3.55. The van der Waals surface area contributed by atoms with Crippen molar-refractivity contribution in [2.45, 2.75) is 31.9 Å². The van der Waals surface area contributed by atoms with E-state index in [2.05, 4.69) is 15.4 Å². The van der Waals surface area contributed by atoms with Gasteiger partial charge < -0.3 is 10.4 Å². The van der Waals surface area contributed by atoms with Gasteiger partial charge in [-0.2, -0.15) is 5.10 Å². The molecule has 0 saturated heterocycles. The molecule has 0 saturated carbocycles. The summed E-state index contributed by atoms with van der Waals surface area (Å²) in [5.41, 5.74) is 3.35. The molecule has 26 heavy (non-hydrogen) atoms. The molecule has 2 N–H and O–H groups in total. The summed E-state index contributed by atoms with van der Waals surface area (Å²) < 4.78 is 1.69. The quantitative estimate of drug-likeness (QED) is 0.758. The molecule has 1 aromatic carbocycles. The predicted octanol–water partition coefficient (Wildman–Crippen LogP) is 2.22. The maximum Gasteiger partial charge on any atom is 0.255 e. The third-order valence-corrected chi connectivity index (χ3v) is 4.81. The standard InChI is InChI=1S/C20H20N4O2/c1-2-16-15(12-22-24(16)18-9-5-6-10-21-18)20(26)23-19-14-8-4-3-7-13(14)11-17(19)25/h3-10,12,17,19,25H,2,11H2,1H3,(H,23,26)/t17-,19+/m0/s1. The smallest absolute Gasteiger partial charge is 0.255 e. The molecular weight excluding hydrogens is 328 g/mol. The average molecular weight is 348 g/mol. The van der Waals surface area contributed by atoms with Crippen molar-refractivity contribution >= 4 is 5.91 Å². The molecule has 2 atom stereocenters. The lowest BCUT2D eigenvalue weighted by molar-refractivity contribution is 0.0857. The number of carbonyl (C=O) groups is 1. The third-order valence-electron chi connectivity index (χ3n) is 4.81. The highest BCUT2D eigenvalue weighted by Gasteiger charge is 2.32. The minimum Gasteiger partial charge on any atom is -0.390 e. The molecule has 2 heterocycles. The highest BCUT2D eigenvalue weighted by molar-refractivity contribution is 5.95. The van der Waals surface area contributed by atoms with Gasteiger partial charge in [0.15, 0.2) is 5.82 Å². The van der Waals surface area contributed by atoms with Crippen LogP contribution in [0.25, 0.3) is 5.82 Å². The molecule has 6 nitrogen and oxygen atoms in total. The number of fused-ring (bicyclic) bond motifs is 1. The van der Waals surface area contributed by atoms with Gasteiger partial charge in [-0.05, 0) is 29.7 Å². The lowest BCUT2D eigenvalue weighted by Crippen LogP contribution is -2.34. The van der Waals surface area contributed by atoms with Crippen LogP contribution in [0.15, 0.2) is 54.9 Å². The van der Waals surface area contributed by atoms with Gasteiger partial charge in [0, 0.05) is 12.6 Å². The lowest BCUT2D eigenvalue weighted by Gasteiger charge is -2.18. The first-order chi connectivity index (χ1) is 12.7. The minimum atomic E-state index is -0.618. The van der Waals surface area contributed by atoms with Crippen LogP contribution in [0.1, 0.15) is 40.1 Å². The Morgan fingerprint density at radius 2 is 2.08 bits per heavy atom. The third kappa shape index (κ3) is 2.78. The van der Waals surface area contributed by atoms with Gasteiger partial charge in [-0.15, -0.1) is 0 Å². The summed E-state index contributed by atoms with van der Waals surface area (Å²) in [5, 5.41) is 17.7. The number of aliphatic hydroxyl groups is 1. The summed E-state index contributed by atoms with van der Waals surface area (Å²) in [4.78, 5) is 17.2. The van der Waals surface area contributed by atoms with Gasteiger partial charge in [-0.3, -0.25) is 4.79 Å². The van der Waals surface area contributed by atoms with Crippen LogP contribution < -0.4 is 5.32 Å². The lowest BCUT2D eigenvalue weighted by atomic mass is 10.1. The molecule has 132 valence electrons. The number of nitrogens with one attached hydrogen (secondary N) is 1. The van der Waals surface area contributed by atoms with Crippen LogP contribution in [0.4, 0.5) is 0 Å². The second kappa shape index (κ2) is 6.72. The highest BCUT2D eigenvalue weighted by atomic mass is 16.3. The Labute approximate surface area is 151 Å². The first-order valence-electron chi connectivity index (χ1n) is 8.74. The first-order valence-corrected chi connectivity index (χ1v) is 8.74. The van der Waals surface area contributed by atoms with E-state index in [0.29, 0.717) is 24.2 Å². The van der Waals surface area contributed by atoms with Crippen molar-refractivity contribution in [1.82, 2.24) is 20.1 Å². The predicted molar refractivity (Wildman–Crippen MR) is 97.1 cm³/mol. The van der Waals surface area contributed by atoms with E-state index in [4.69, 9.17) is 0 Å². The summed E-state index contributed by atoms with van der Waals surface area (Å²) in [6, 6.07) is 13.0. The van der Waals surface area contributed by atoms with Crippen molar-refractivity contribution in [1.29, 1.82) is 0 Å². The molecule has 0 unspecified atom stereocenters. The van der Waals surface area contributed by atoms with Crippen molar-refractivity contribution in [3.8, 4) is 5.82 Å². The molecule has 1 aliphatic rings. The molecule has 3 aromatic rings. The fraction of sp³-hybridized carbons (Fsp3) is 0.250. The number of hydrogen-bond donors (Lipinski definition) is 2. The van der Waals surface area contributed by atoms with Crippen molar-refractivity contribution < 1.29 is 9.90 Å². The van der Waals surface area contributed by atoms with Crippen LogP contribution in [0.5, 0.6) is 0 Å². The van der Waals surface area contributed by atoms with Crippen LogP contribution in [0.3, 0.4) is 0 Å². The van der Waals surface area contributed by atoms with E-state index in [1.807, 2.05) is 49.4 Å². The van der Waals surface area contributed by atoms with Crippen LogP contribution in [0, 0.1) is 0 Å². The van der Waals surface area contributed by atoms with Crippen LogP contribution in [0.2, 0.25) is 0 Å². The zero-order valence-electron chi connectivity index (χ0n) is 14.5. The summed E-state index contributed by atoms with van der Waals surface area (Å²) in [5.74, 6) is 0.444. The van der Waals surface area contributed by atoms with Gasteiger partial charge in [0.2, 0.25) is 0 Å². The Hall–Kier alpha value is -2.99.